The lowest BCUT2D eigenvalue weighted by Crippen LogP contribution is -2.04. The monoisotopic (exact) mass is 248 g/mol. The molecule has 0 saturated heterocycles. The Balaban J connectivity index is 2.14. The maximum Gasteiger partial charge on any atom is 0.146 e. The number of hydrogen-bond acceptors (Lipinski definition) is 4. The first-order chi connectivity index (χ1) is 8.74. The quantitative estimate of drug-likeness (QED) is 0.871. The smallest absolute Gasteiger partial charge is 0.146 e. The van der Waals surface area contributed by atoms with Gasteiger partial charge in [-0.2, -0.15) is 0 Å². The molecule has 5 heteroatoms. The van der Waals surface area contributed by atoms with Gasteiger partial charge in [-0.15, -0.1) is 0 Å². The highest BCUT2D eigenvalue weighted by molar-refractivity contribution is 5.40. The van der Waals surface area contributed by atoms with Crippen LogP contribution in [0.3, 0.4) is 0 Å². The first-order valence-electron chi connectivity index (χ1n) is 5.61. The van der Waals surface area contributed by atoms with Gasteiger partial charge in [0.05, 0.1) is 13.7 Å². The Morgan fingerprint density at radius 2 is 2.22 bits per heavy atom. The Morgan fingerprint density at radius 1 is 1.39 bits per heavy atom. The first kappa shape index (κ1) is 12.4. The third-order valence-electron chi connectivity index (χ3n) is 2.72. The fourth-order valence-electron chi connectivity index (χ4n) is 1.60. The fraction of sp³-hybridized carbons (Fsp3) is 0.308. The number of hydrogen-bond donors (Lipinski definition) is 1. The van der Waals surface area contributed by atoms with Crippen LogP contribution in [0.15, 0.2) is 30.6 Å². The minimum Gasteiger partial charge on any atom is -0.497 e. The van der Waals surface area contributed by atoms with Gasteiger partial charge in [-0.3, -0.25) is 0 Å². The number of aromatic nitrogens is 2. The van der Waals surface area contributed by atoms with Gasteiger partial charge in [0, 0.05) is 31.1 Å². The molecular formula is C13H16N2O3. The average molecular weight is 248 g/mol. The first-order valence-corrected chi connectivity index (χ1v) is 5.61. The summed E-state index contributed by atoms with van der Waals surface area (Å²) in [5, 5.41) is 9.25. The fourth-order valence-corrected chi connectivity index (χ4v) is 1.60. The van der Waals surface area contributed by atoms with E-state index in [-0.39, 0.29) is 6.61 Å². The molecule has 96 valence electrons. The van der Waals surface area contributed by atoms with Gasteiger partial charge >= 0.3 is 0 Å². The zero-order valence-corrected chi connectivity index (χ0v) is 10.5. The van der Waals surface area contributed by atoms with Crippen LogP contribution in [0.4, 0.5) is 0 Å². The molecule has 0 aliphatic rings. The molecule has 18 heavy (non-hydrogen) atoms. The van der Waals surface area contributed by atoms with Crippen molar-refractivity contribution in [3.63, 3.8) is 0 Å². The van der Waals surface area contributed by atoms with Gasteiger partial charge in [0.15, 0.2) is 0 Å². The highest BCUT2D eigenvalue weighted by atomic mass is 16.5. The molecule has 1 aromatic carbocycles. The number of nitrogens with zero attached hydrogens (tertiary/aromatic N) is 2. The second-order valence-electron chi connectivity index (χ2n) is 3.87. The van der Waals surface area contributed by atoms with Gasteiger partial charge in [0.1, 0.15) is 23.9 Å². The number of aliphatic hydroxyl groups excluding tert-OH is 1. The van der Waals surface area contributed by atoms with Crippen molar-refractivity contribution in [2.75, 3.05) is 7.11 Å². The largest absolute Gasteiger partial charge is 0.497 e. The summed E-state index contributed by atoms with van der Waals surface area (Å²) in [6, 6.07) is 5.33. The van der Waals surface area contributed by atoms with Crippen molar-refractivity contribution >= 4 is 0 Å². The van der Waals surface area contributed by atoms with Crippen LogP contribution < -0.4 is 9.47 Å². The van der Waals surface area contributed by atoms with Crippen LogP contribution in [-0.2, 0) is 20.3 Å². The average Bonchev–Trinajstić information content (AvgIpc) is 2.81. The minimum atomic E-state index is -0.0696. The molecule has 0 radical (unpaired) electrons. The molecule has 0 bridgehead atoms. The second-order valence-corrected chi connectivity index (χ2v) is 3.87. The number of ether oxygens (including phenoxy) is 2. The molecular weight excluding hydrogens is 232 g/mol. The highest BCUT2D eigenvalue weighted by Crippen LogP contribution is 2.25. The van der Waals surface area contributed by atoms with Crippen LogP contribution in [-0.4, -0.2) is 21.8 Å². The number of benzene rings is 1. The van der Waals surface area contributed by atoms with E-state index in [2.05, 4.69) is 4.98 Å². The lowest BCUT2D eigenvalue weighted by atomic mass is 10.2. The van der Waals surface area contributed by atoms with Crippen molar-refractivity contribution in [1.29, 1.82) is 0 Å². The molecule has 0 fully saturated rings. The van der Waals surface area contributed by atoms with E-state index < -0.39 is 0 Å². The van der Waals surface area contributed by atoms with E-state index in [0.29, 0.717) is 18.1 Å². The molecule has 0 amide bonds. The molecule has 0 spiro atoms. The summed E-state index contributed by atoms with van der Waals surface area (Å²) in [4.78, 5) is 4.17. The number of methoxy groups -OCH3 is 1. The van der Waals surface area contributed by atoms with Gasteiger partial charge in [0.25, 0.3) is 0 Å². The van der Waals surface area contributed by atoms with Gasteiger partial charge < -0.3 is 19.1 Å². The Hall–Kier alpha value is -2.01. The highest BCUT2D eigenvalue weighted by Gasteiger charge is 2.07. The number of aliphatic hydroxyl groups is 1. The molecule has 1 N–H and O–H groups in total. The topological polar surface area (TPSA) is 56.5 Å². The van der Waals surface area contributed by atoms with Crippen molar-refractivity contribution in [2.24, 2.45) is 7.05 Å². The number of rotatable bonds is 5. The summed E-state index contributed by atoms with van der Waals surface area (Å²) in [6.45, 7) is 0.281. The van der Waals surface area contributed by atoms with Crippen LogP contribution in [0, 0.1) is 0 Å². The van der Waals surface area contributed by atoms with E-state index in [1.807, 2.05) is 17.8 Å². The van der Waals surface area contributed by atoms with Gasteiger partial charge in [-0.05, 0) is 12.1 Å². The summed E-state index contributed by atoms with van der Waals surface area (Å²) in [6.07, 6.45) is 3.58. The molecule has 0 unspecified atom stereocenters. The van der Waals surface area contributed by atoms with E-state index in [1.165, 1.54) is 0 Å². The lowest BCUT2D eigenvalue weighted by Gasteiger charge is -2.11. The van der Waals surface area contributed by atoms with E-state index in [9.17, 15) is 5.11 Å². The molecule has 1 heterocycles. The lowest BCUT2D eigenvalue weighted by molar-refractivity contribution is 0.253. The van der Waals surface area contributed by atoms with E-state index >= 15 is 0 Å². The third-order valence-corrected chi connectivity index (χ3v) is 2.72. The van der Waals surface area contributed by atoms with Gasteiger partial charge in [-0.1, -0.05) is 0 Å². The van der Waals surface area contributed by atoms with Crippen LogP contribution in [0.25, 0.3) is 0 Å². The van der Waals surface area contributed by atoms with Crippen LogP contribution in [0.5, 0.6) is 11.5 Å². The number of imidazole rings is 1. The maximum absolute atomic E-state index is 9.25. The number of aryl methyl sites for hydroxylation is 1. The molecule has 0 atom stereocenters. The summed E-state index contributed by atoms with van der Waals surface area (Å²) in [7, 11) is 3.50. The maximum atomic E-state index is 9.25. The van der Waals surface area contributed by atoms with Crippen molar-refractivity contribution in [2.45, 2.75) is 13.2 Å². The minimum absolute atomic E-state index is 0.0696. The zero-order chi connectivity index (χ0) is 13.0. The molecule has 0 aliphatic carbocycles. The molecule has 0 aliphatic heterocycles. The van der Waals surface area contributed by atoms with E-state index in [4.69, 9.17) is 9.47 Å². The summed E-state index contributed by atoms with van der Waals surface area (Å²) >= 11 is 0. The Labute approximate surface area is 106 Å². The standard InChI is InChI=1S/C13H16N2O3/c1-15-6-5-14-13(15)9-18-12-7-11(17-2)4-3-10(12)8-16/h3-7,16H,8-9H2,1-2H3. The predicted molar refractivity (Wildman–Crippen MR) is 66.5 cm³/mol. The van der Waals surface area contributed by atoms with Crippen LogP contribution in [0.2, 0.25) is 0 Å². The second kappa shape index (κ2) is 5.55. The Kier molecular flexibility index (Phi) is 3.84. The van der Waals surface area contributed by atoms with Crippen molar-refractivity contribution in [3.05, 3.63) is 42.0 Å². The third kappa shape index (κ3) is 2.62. The summed E-state index contributed by atoms with van der Waals surface area (Å²) in [5.74, 6) is 2.13. The van der Waals surface area contributed by atoms with Gasteiger partial charge in [-0.25, -0.2) is 4.98 Å². The molecule has 5 nitrogen and oxygen atoms in total. The predicted octanol–water partition coefficient (Wildman–Crippen LogP) is 1.50. The van der Waals surface area contributed by atoms with E-state index in [1.54, 1.807) is 31.5 Å². The molecule has 2 rings (SSSR count). The Bertz CT molecular complexity index is 523. The van der Waals surface area contributed by atoms with E-state index in [0.717, 1.165) is 11.4 Å². The zero-order valence-electron chi connectivity index (χ0n) is 10.5. The Morgan fingerprint density at radius 3 is 2.83 bits per heavy atom. The van der Waals surface area contributed by atoms with Gasteiger partial charge in [0.2, 0.25) is 0 Å². The van der Waals surface area contributed by atoms with Crippen molar-refractivity contribution < 1.29 is 14.6 Å². The molecule has 2 aromatic rings. The SMILES string of the molecule is COc1ccc(CO)c(OCc2nccn2C)c1. The molecule has 0 saturated carbocycles. The van der Waals surface area contributed by atoms with Crippen molar-refractivity contribution in [1.82, 2.24) is 9.55 Å². The van der Waals surface area contributed by atoms with Crippen LogP contribution >= 0.6 is 0 Å². The normalized spacial score (nSPS) is 10.4. The van der Waals surface area contributed by atoms with Crippen molar-refractivity contribution in [3.8, 4) is 11.5 Å². The van der Waals surface area contributed by atoms with Crippen LogP contribution in [0.1, 0.15) is 11.4 Å². The summed E-state index contributed by atoms with van der Waals surface area (Å²) < 4.78 is 12.7. The summed E-state index contributed by atoms with van der Waals surface area (Å²) in [5.41, 5.74) is 0.727. The molecule has 1 aromatic heterocycles.